The Balaban J connectivity index is 3.30. The monoisotopic (exact) mass is 254 g/mol. The lowest BCUT2D eigenvalue weighted by Gasteiger charge is -2.28. The predicted molar refractivity (Wildman–Crippen MR) is 51.9 cm³/mol. The summed E-state index contributed by atoms with van der Waals surface area (Å²) in [5.74, 6) is -0.815. The number of amidine groups is 1. The highest BCUT2D eigenvalue weighted by molar-refractivity contribution is 7.88. The van der Waals surface area contributed by atoms with Crippen molar-refractivity contribution in [3.63, 3.8) is 0 Å². The van der Waals surface area contributed by atoms with Crippen LogP contribution in [-0.2, 0) is 14.9 Å². The molecule has 0 atom stereocenters. The van der Waals surface area contributed by atoms with Crippen LogP contribution in [0.1, 0.15) is 0 Å². The van der Waals surface area contributed by atoms with E-state index in [9.17, 15) is 13.2 Å². The zero-order chi connectivity index (χ0) is 11.8. The average molecular weight is 255 g/mol. The number of rotatable bonds is 0. The SMILES string of the molecule is COC(=O)N1C(=N)N=C(Cl)N(C)S1(=O)=O. The minimum atomic E-state index is -4.21. The molecule has 0 unspecified atom stereocenters. The van der Waals surface area contributed by atoms with Crippen LogP contribution in [0.3, 0.4) is 0 Å². The van der Waals surface area contributed by atoms with E-state index in [1.807, 2.05) is 0 Å². The van der Waals surface area contributed by atoms with E-state index in [1.54, 1.807) is 0 Å². The average Bonchev–Trinajstić information content (AvgIpc) is 2.14. The van der Waals surface area contributed by atoms with Crippen molar-refractivity contribution < 1.29 is 17.9 Å². The predicted octanol–water partition coefficient (Wildman–Crippen LogP) is -0.225. The maximum atomic E-state index is 11.6. The van der Waals surface area contributed by atoms with Crippen molar-refractivity contribution in [3.05, 3.63) is 0 Å². The van der Waals surface area contributed by atoms with Crippen LogP contribution < -0.4 is 0 Å². The zero-order valence-electron chi connectivity index (χ0n) is 7.76. The van der Waals surface area contributed by atoms with Crippen LogP contribution in [-0.4, -0.2) is 48.5 Å². The van der Waals surface area contributed by atoms with E-state index in [0.717, 1.165) is 14.2 Å². The second-order valence-electron chi connectivity index (χ2n) is 2.41. The van der Waals surface area contributed by atoms with Gasteiger partial charge in [0.1, 0.15) is 0 Å². The van der Waals surface area contributed by atoms with E-state index in [-0.39, 0.29) is 4.31 Å². The van der Waals surface area contributed by atoms with E-state index in [0.29, 0.717) is 4.31 Å². The number of methoxy groups -OCH3 is 1. The van der Waals surface area contributed by atoms with Crippen molar-refractivity contribution in [3.8, 4) is 0 Å². The van der Waals surface area contributed by atoms with Gasteiger partial charge >= 0.3 is 16.3 Å². The van der Waals surface area contributed by atoms with Gasteiger partial charge in [0.15, 0.2) is 0 Å². The van der Waals surface area contributed by atoms with Crippen molar-refractivity contribution in [2.45, 2.75) is 0 Å². The number of guanidine groups is 1. The van der Waals surface area contributed by atoms with Crippen LogP contribution in [0.25, 0.3) is 0 Å². The molecule has 1 aliphatic rings. The number of ether oxygens (including phenoxy) is 1. The standard InChI is InChI=1S/C5H7ClN4O4S/c1-9-3(6)8-4(7)10(5(11)14-2)15(9,12)13/h7H,1-2H3. The number of hydrogen-bond donors (Lipinski definition) is 1. The first-order valence-corrected chi connectivity index (χ1v) is 5.29. The number of carbonyl (C=O) groups is 1. The summed E-state index contributed by atoms with van der Waals surface area (Å²) >= 11 is 5.44. The Morgan fingerprint density at radius 2 is 2.13 bits per heavy atom. The Labute approximate surface area is 90.8 Å². The number of aliphatic imine (C=N–C) groups is 1. The smallest absolute Gasteiger partial charge is 0.432 e. The first kappa shape index (κ1) is 11.7. The molecule has 8 nitrogen and oxygen atoms in total. The summed E-state index contributed by atoms with van der Waals surface area (Å²) in [6.07, 6.45) is -1.22. The Morgan fingerprint density at radius 3 is 2.60 bits per heavy atom. The van der Waals surface area contributed by atoms with Gasteiger partial charge in [0.05, 0.1) is 7.11 Å². The summed E-state index contributed by atoms with van der Waals surface area (Å²) in [4.78, 5) is 14.4. The van der Waals surface area contributed by atoms with Gasteiger partial charge in [0, 0.05) is 7.05 Å². The first-order chi connectivity index (χ1) is 6.82. The molecule has 10 heteroatoms. The lowest BCUT2D eigenvalue weighted by Crippen LogP contribution is -2.52. The molecular formula is C5H7ClN4O4S. The summed E-state index contributed by atoms with van der Waals surface area (Å²) in [5.41, 5.74) is 0. The lowest BCUT2D eigenvalue weighted by molar-refractivity contribution is 0.160. The van der Waals surface area contributed by atoms with Crippen LogP contribution in [0.15, 0.2) is 4.99 Å². The Kier molecular flexibility index (Phi) is 2.86. The molecule has 1 heterocycles. The summed E-state index contributed by atoms with van der Waals surface area (Å²) in [6, 6.07) is 0. The van der Waals surface area contributed by atoms with Crippen LogP contribution >= 0.6 is 11.6 Å². The second-order valence-corrected chi connectivity index (χ2v) is 4.56. The number of carbonyl (C=O) groups excluding carboxylic acids is 1. The quantitative estimate of drug-likeness (QED) is 0.603. The molecule has 15 heavy (non-hydrogen) atoms. The molecule has 1 N–H and O–H groups in total. The summed E-state index contributed by atoms with van der Waals surface area (Å²) in [7, 11) is -2.12. The Morgan fingerprint density at radius 1 is 1.60 bits per heavy atom. The van der Waals surface area contributed by atoms with Crippen molar-refractivity contribution in [1.82, 2.24) is 8.61 Å². The van der Waals surface area contributed by atoms with Gasteiger partial charge < -0.3 is 4.74 Å². The van der Waals surface area contributed by atoms with Gasteiger partial charge in [-0.25, -0.2) is 9.10 Å². The highest BCUT2D eigenvalue weighted by Gasteiger charge is 2.41. The third-order valence-electron chi connectivity index (χ3n) is 1.57. The van der Waals surface area contributed by atoms with Gasteiger partial charge in [-0.2, -0.15) is 13.4 Å². The van der Waals surface area contributed by atoms with Gasteiger partial charge in [-0.05, 0) is 11.6 Å². The van der Waals surface area contributed by atoms with Crippen LogP contribution in [0.2, 0.25) is 0 Å². The summed E-state index contributed by atoms with van der Waals surface area (Å²) in [6.45, 7) is 0. The number of nitrogens with one attached hydrogen (secondary N) is 1. The normalized spacial score (nSPS) is 19.9. The third-order valence-corrected chi connectivity index (χ3v) is 3.65. The number of hydrogen-bond acceptors (Lipinski definition) is 5. The molecule has 1 rings (SSSR count). The third kappa shape index (κ3) is 1.75. The molecule has 0 saturated heterocycles. The maximum absolute atomic E-state index is 11.6. The van der Waals surface area contributed by atoms with Gasteiger partial charge in [-0.15, -0.1) is 4.31 Å². The molecule has 0 aliphatic carbocycles. The minimum Gasteiger partial charge on any atom is -0.452 e. The number of nitrogens with zero attached hydrogens (tertiary/aromatic N) is 3. The van der Waals surface area contributed by atoms with Crippen molar-refractivity contribution >= 4 is 39.2 Å². The summed E-state index contributed by atoms with van der Waals surface area (Å²) < 4.78 is 28.0. The summed E-state index contributed by atoms with van der Waals surface area (Å²) in [5, 5.41) is 6.79. The maximum Gasteiger partial charge on any atom is 0.432 e. The van der Waals surface area contributed by atoms with Gasteiger partial charge in [0.2, 0.25) is 11.3 Å². The molecule has 0 spiro atoms. The number of amides is 1. The topological polar surface area (TPSA) is 103 Å². The molecule has 0 bridgehead atoms. The van der Waals surface area contributed by atoms with E-state index in [1.165, 1.54) is 0 Å². The van der Waals surface area contributed by atoms with Gasteiger partial charge in [-0.3, -0.25) is 5.41 Å². The van der Waals surface area contributed by atoms with E-state index >= 15 is 0 Å². The molecule has 0 aromatic heterocycles. The number of halogens is 1. The molecule has 0 fully saturated rings. The Hall–Kier alpha value is -1.35. The molecule has 1 aliphatic heterocycles. The zero-order valence-corrected chi connectivity index (χ0v) is 9.33. The lowest BCUT2D eigenvalue weighted by atomic mass is 10.9. The van der Waals surface area contributed by atoms with Crippen molar-refractivity contribution in [2.24, 2.45) is 4.99 Å². The molecule has 0 saturated carbocycles. The highest BCUT2D eigenvalue weighted by Crippen LogP contribution is 2.17. The van der Waals surface area contributed by atoms with E-state index in [4.69, 9.17) is 17.0 Å². The molecular weight excluding hydrogens is 248 g/mol. The fraction of sp³-hybridized carbons (Fsp3) is 0.400. The van der Waals surface area contributed by atoms with Gasteiger partial charge in [0.25, 0.3) is 0 Å². The molecule has 84 valence electrons. The van der Waals surface area contributed by atoms with E-state index in [2.05, 4.69) is 9.73 Å². The van der Waals surface area contributed by atoms with Crippen LogP contribution in [0, 0.1) is 5.41 Å². The van der Waals surface area contributed by atoms with Gasteiger partial charge in [-0.1, -0.05) is 0 Å². The highest BCUT2D eigenvalue weighted by atomic mass is 35.5. The fourth-order valence-corrected chi connectivity index (χ4v) is 2.13. The molecule has 0 aromatic rings. The van der Waals surface area contributed by atoms with Crippen LogP contribution in [0.5, 0.6) is 0 Å². The van der Waals surface area contributed by atoms with Crippen LogP contribution in [0.4, 0.5) is 4.79 Å². The molecule has 0 aromatic carbocycles. The fourth-order valence-electron chi connectivity index (χ4n) is 0.794. The largest absolute Gasteiger partial charge is 0.452 e. The van der Waals surface area contributed by atoms with E-state index < -0.39 is 27.6 Å². The molecule has 0 radical (unpaired) electrons. The van der Waals surface area contributed by atoms with Crippen molar-refractivity contribution in [1.29, 1.82) is 5.41 Å². The minimum absolute atomic E-state index is 0.0961. The first-order valence-electron chi connectivity index (χ1n) is 3.52. The molecule has 1 amide bonds. The Bertz CT molecular complexity index is 444. The second kappa shape index (κ2) is 3.66. The van der Waals surface area contributed by atoms with Crippen molar-refractivity contribution in [2.75, 3.05) is 14.2 Å².